The molecule has 2 N–H and O–H groups in total. The van der Waals surface area contributed by atoms with Crippen LogP contribution in [0.4, 0.5) is 0 Å². The highest BCUT2D eigenvalue weighted by atomic mass is 35.5. The molecule has 2 rings (SSSR count). The highest BCUT2D eigenvalue weighted by Crippen LogP contribution is 2.10. The van der Waals surface area contributed by atoms with Gasteiger partial charge in [0.25, 0.3) is 0 Å². The van der Waals surface area contributed by atoms with Gasteiger partial charge in [-0.2, -0.15) is 5.10 Å². The van der Waals surface area contributed by atoms with Crippen LogP contribution in [0.1, 0.15) is 45.1 Å². The van der Waals surface area contributed by atoms with E-state index in [-0.39, 0.29) is 24.4 Å². The van der Waals surface area contributed by atoms with Gasteiger partial charge in [-0.25, -0.2) is 0 Å². The van der Waals surface area contributed by atoms with Crippen molar-refractivity contribution in [3.05, 3.63) is 18.0 Å². The summed E-state index contributed by atoms with van der Waals surface area (Å²) >= 11 is 0. The molecule has 2 heterocycles. The summed E-state index contributed by atoms with van der Waals surface area (Å²) in [4.78, 5) is 16.7. The molecule has 0 spiro atoms. The van der Waals surface area contributed by atoms with Crippen LogP contribution in [0.2, 0.25) is 0 Å². The first-order chi connectivity index (χ1) is 11.1. The van der Waals surface area contributed by atoms with E-state index in [2.05, 4.69) is 30.0 Å². The Kier molecular flexibility index (Phi) is 9.33. The molecule has 1 fully saturated rings. The van der Waals surface area contributed by atoms with Crippen LogP contribution in [-0.4, -0.2) is 57.7 Å². The van der Waals surface area contributed by atoms with Crippen molar-refractivity contribution in [2.45, 2.75) is 58.7 Å². The number of hydrogen-bond donors (Lipinski definition) is 1. The zero-order chi connectivity index (χ0) is 16.7. The van der Waals surface area contributed by atoms with Crippen LogP contribution in [0.3, 0.4) is 0 Å². The second-order valence-electron chi connectivity index (χ2n) is 6.46. The Morgan fingerprint density at radius 3 is 2.75 bits per heavy atom. The fourth-order valence-corrected chi connectivity index (χ4v) is 3.12. The van der Waals surface area contributed by atoms with E-state index in [4.69, 9.17) is 5.73 Å². The number of aryl methyl sites for hydroxylation is 1. The van der Waals surface area contributed by atoms with Gasteiger partial charge in [-0.1, -0.05) is 20.3 Å². The van der Waals surface area contributed by atoms with Gasteiger partial charge in [-0.05, 0) is 19.3 Å². The van der Waals surface area contributed by atoms with Crippen LogP contribution in [0.5, 0.6) is 0 Å². The van der Waals surface area contributed by atoms with Gasteiger partial charge in [0.1, 0.15) is 0 Å². The monoisotopic (exact) mass is 357 g/mol. The van der Waals surface area contributed by atoms with Gasteiger partial charge >= 0.3 is 0 Å². The quantitative estimate of drug-likeness (QED) is 0.809. The van der Waals surface area contributed by atoms with E-state index >= 15 is 0 Å². The standard InChI is InChI=1S/C17H31N5O.ClH/c1-3-6-16(18)17(23)21-9-5-8-20(10-11-21)13-15-12-19-22(14-15)7-4-2;/h12,14,16H,3-11,13,18H2,1-2H3;1H. The maximum absolute atomic E-state index is 12.4. The van der Waals surface area contributed by atoms with Gasteiger partial charge in [-0.15, -0.1) is 12.4 Å². The third-order valence-corrected chi connectivity index (χ3v) is 4.36. The predicted octanol–water partition coefficient (Wildman–Crippen LogP) is 1.88. The molecular weight excluding hydrogens is 326 g/mol. The van der Waals surface area contributed by atoms with Crippen molar-refractivity contribution in [1.82, 2.24) is 19.6 Å². The number of rotatable bonds is 7. The molecule has 1 aliphatic heterocycles. The van der Waals surface area contributed by atoms with Gasteiger partial charge in [0.15, 0.2) is 0 Å². The van der Waals surface area contributed by atoms with E-state index in [1.807, 2.05) is 15.8 Å². The molecule has 6 nitrogen and oxygen atoms in total. The van der Waals surface area contributed by atoms with Gasteiger partial charge in [0, 0.05) is 51.0 Å². The summed E-state index contributed by atoms with van der Waals surface area (Å²) in [5.41, 5.74) is 7.23. The van der Waals surface area contributed by atoms with Crippen molar-refractivity contribution in [1.29, 1.82) is 0 Å². The Balaban J connectivity index is 0.00000288. The van der Waals surface area contributed by atoms with Crippen LogP contribution in [-0.2, 0) is 17.9 Å². The topological polar surface area (TPSA) is 67.4 Å². The zero-order valence-electron chi connectivity index (χ0n) is 15.0. The molecule has 0 aromatic carbocycles. The average molecular weight is 358 g/mol. The van der Waals surface area contributed by atoms with Crippen molar-refractivity contribution in [3.63, 3.8) is 0 Å². The molecule has 138 valence electrons. The smallest absolute Gasteiger partial charge is 0.239 e. The van der Waals surface area contributed by atoms with E-state index in [0.29, 0.717) is 0 Å². The minimum Gasteiger partial charge on any atom is -0.340 e. The molecule has 0 saturated carbocycles. The third kappa shape index (κ3) is 6.07. The Labute approximate surface area is 151 Å². The van der Waals surface area contributed by atoms with Gasteiger partial charge in [0.05, 0.1) is 12.2 Å². The number of nitrogens with two attached hydrogens (primary N) is 1. The summed E-state index contributed by atoms with van der Waals surface area (Å²) in [6, 6.07) is -0.334. The number of amides is 1. The summed E-state index contributed by atoms with van der Waals surface area (Å²) in [7, 11) is 0. The highest BCUT2D eigenvalue weighted by Gasteiger charge is 2.23. The van der Waals surface area contributed by atoms with Crippen LogP contribution in [0.15, 0.2) is 12.4 Å². The van der Waals surface area contributed by atoms with E-state index in [9.17, 15) is 4.79 Å². The Morgan fingerprint density at radius 2 is 2.04 bits per heavy atom. The van der Waals surface area contributed by atoms with Crippen molar-refractivity contribution in [2.24, 2.45) is 5.73 Å². The van der Waals surface area contributed by atoms with Crippen LogP contribution < -0.4 is 5.73 Å². The lowest BCUT2D eigenvalue weighted by atomic mass is 10.1. The molecule has 1 atom stereocenters. The molecule has 1 aliphatic rings. The predicted molar refractivity (Wildman–Crippen MR) is 99.1 cm³/mol. The average Bonchev–Trinajstić information content (AvgIpc) is 2.83. The number of aromatic nitrogens is 2. The maximum atomic E-state index is 12.4. The summed E-state index contributed by atoms with van der Waals surface area (Å²) in [5.74, 6) is 0.115. The summed E-state index contributed by atoms with van der Waals surface area (Å²) in [6.07, 6.45) is 7.92. The molecular formula is C17H32ClN5O. The first-order valence-corrected chi connectivity index (χ1v) is 8.92. The van der Waals surface area contributed by atoms with Crippen molar-refractivity contribution >= 4 is 18.3 Å². The van der Waals surface area contributed by atoms with E-state index < -0.39 is 0 Å². The fourth-order valence-electron chi connectivity index (χ4n) is 3.12. The Bertz CT molecular complexity index is 493. The molecule has 1 aromatic heterocycles. The summed E-state index contributed by atoms with van der Waals surface area (Å²) in [6.45, 7) is 9.63. The number of nitrogens with zero attached hydrogens (tertiary/aromatic N) is 4. The van der Waals surface area contributed by atoms with E-state index in [1.165, 1.54) is 5.56 Å². The fraction of sp³-hybridized carbons (Fsp3) is 0.765. The maximum Gasteiger partial charge on any atom is 0.239 e. The summed E-state index contributed by atoms with van der Waals surface area (Å²) < 4.78 is 2.01. The van der Waals surface area contributed by atoms with Crippen molar-refractivity contribution in [2.75, 3.05) is 26.2 Å². The van der Waals surface area contributed by atoms with Crippen LogP contribution in [0.25, 0.3) is 0 Å². The number of hydrogen-bond acceptors (Lipinski definition) is 4. The van der Waals surface area contributed by atoms with E-state index in [1.54, 1.807) is 0 Å². The van der Waals surface area contributed by atoms with Crippen LogP contribution >= 0.6 is 12.4 Å². The molecule has 0 aliphatic carbocycles. The minimum absolute atomic E-state index is 0. The van der Waals surface area contributed by atoms with E-state index in [0.717, 1.165) is 65.0 Å². The second-order valence-corrected chi connectivity index (χ2v) is 6.46. The molecule has 7 heteroatoms. The second kappa shape index (κ2) is 10.7. The van der Waals surface area contributed by atoms with Gasteiger partial charge < -0.3 is 10.6 Å². The molecule has 1 amide bonds. The SMILES string of the molecule is CCCC(N)C(=O)N1CCCN(Cc2cnn(CCC)c2)CC1.Cl. The molecule has 24 heavy (non-hydrogen) atoms. The first-order valence-electron chi connectivity index (χ1n) is 8.92. The third-order valence-electron chi connectivity index (χ3n) is 4.36. The number of halogens is 1. The summed E-state index contributed by atoms with van der Waals surface area (Å²) in [5, 5.41) is 4.39. The number of carbonyl (C=O) groups is 1. The lowest BCUT2D eigenvalue weighted by Crippen LogP contribution is -2.45. The lowest BCUT2D eigenvalue weighted by Gasteiger charge is -2.24. The highest BCUT2D eigenvalue weighted by molar-refractivity contribution is 5.85. The Morgan fingerprint density at radius 1 is 1.25 bits per heavy atom. The molecule has 0 radical (unpaired) electrons. The normalized spacial score (nSPS) is 17.2. The largest absolute Gasteiger partial charge is 0.340 e. The molecule has 0 bridgehead atoms. The van der Waals surface area contributed by atoms with Gasteiger partial charge in [0.2, 0.25) is 5.91 Å². The first kappa shape index (κ1) is 20.9. The zero-order valence-corrected chi connectivity index (χ0v) is 15.8. The van der Waals surface area contributed by atoms with Gasteiger partial charge in [-0.3, -0.25) is 14.4 Å². The van der Waals surface area contributed by atoms with Crippen molar-refractivity contribution < 1.29 is 4.79 Å². The molecule has 1 saturated heterocycles. The lowest BCUT2D eigenvalue weighted by molar-refractivity contribution is -0.132. The molecule has 1 unspecified atom stereocenters. The Hall–Kier alpha value is -1.11. The van der Waals surface area contributed by atoms with Crippen LogP contribution in [0, 0.1) is 0 Å². The molecule has 1 aromatic rings. The number of carbonyl (C=O) groups excluding carboxylic acids is 1. The van der Waals surface area contributed by atoms with Crippen molar-refractivity contribution in [3.8, 4) is 0 Å². The minimum atomic E-state index is -0.334.